The van der Waals surface area contributed by atoms with Crippen LogP contribution in [0.2, 0.25) is 0 Å². The fourth-order valence-electron chi connectivity index (χ4n) is 0.851. The van der Waals surface area contributed by atoms with Crippen LogP contribution in [-0.2, 0) is 18.3 Å². The number of hydrogen-bond donors (Lipinski definition) is 0. The van der Waals surface area contributed by atoms with Crippen LogP contribution >= 0.6 is 7.60 Å². The van der Waals surface area contributed by atoms with Crippen LogP contribution in [0.4, 0.5) is 0 Å². The first-order valence-electron chi connectivity index (χ1n) is 4.40. The third-order valence-electron chi connectivity index (χ3n) is 1.46. The van der Waals surface area contributed by atoms with Gasteiger partial charge < -0.3 is 13.8 Å². The van der Waals surface area contributed by atoms with E-state index in [0.29, 0.717) is 19.8 Å². The maximum atomic E-state index is 11.8. The molecule has 1 heterocycles. The van der Waals surface area contributed by atoms with Gasteiger partial charge in [-0.1, -0.05) is 0 Å². The summed E-state index contributed by atoms with van der Waals surface area (Å²) < 4.78 is 26.8. The minimum Gasteiger partial charge on any atom is -0.369 e. The van der Waals surface area contributed by atoms with E-state index >= 15 is 0 Å². The van der Waals surface area contributed by atoms with Crippen LogP contribution in [0, 0.1) is 0 Å². The van der Waals surface area contributed by atoms with Gasteiger partial charge in [-0.15, -0.1) is 0 Å². The lowest BCUT2D eigenvalue weighted by Gasteiger charge is -2.11. The average Bonchev–Trinajstić information content (AvgIpc) is 2.85. The summed E-state index contributed by atoms with van der Waals surface area (Å²) in [6, 6.07) is 0. The number of rotatable bonds is 6. The normalized spacial score (nSPS) is 22.5. The largest absolute Gasteiger partial charge is 0.369 e. The van der Waals surface area contributed by atoms with Crippen molar-refractivity contribution in [3.05, 3.63) is 11.9 Å². The Morgan fingerprint density at radius 2 is 2.00 bits per heavy atom. The van der Waals surface area contributed by atoms with Crippen LogP contribution in [0.25, 0.3) is 0 Å². The maximum absolute atomic E-state index is 11.8. The van der Waals surface area contributed by atoms with Gasteiger partial charge in [-0.25, -0.2) is 0 Å². The lowest BCUT2D eigenvalue weighted by molar-refractivity contribution is 0.228. The predicted molar refractivity (Wildman–Crippen MR) is 49.7 cm³/mol. The van der Waals surface area contributed by atoms with E-state index in [4.69, 9.17) is 13.8 Å². The van der Waals surface area contributed by atoms with Crippen molar-refractivity contribution in [1.82, 2.24) is 0 Å². The molecule has 0 bridgehead atoms. The Kier molecular flexibility index (Phi) is 4.13. The van der Waals surface area contributed by atoms with E-state index in [1.807, 2.05) is 0 Å². The number of hydrogen-bond acceptors (Lipinski definition) is 4. The summed E-state index contributed by atoms with van der Waals surface area (Å²) in [5, 5.41) is 0. The molecular weight excluding hydrogens is 191 g/mol. The summed E-state index contributed by atoms with van der Waals surface area (Å²) in [5.74, 6) is 1.48. The second-order valence-corrected chi connectivity index (χ2v) is 4.48. The van der Waals surface area contributed by atoms with Crippen LogP contribution in [0.15, 0.2) is 11.9 Å². The molecule has 4 nitrogen and oxygen atoms in total. The van der Waals surface area contributed by atoms with Crippen molar-refractivity contribution in [1.29, 1.82) is 0 Å². The molecule has 0 aromatic heterocycles. The van der Waals surface area contributed by atoms with Crippen LogP contribution in [0.1, 0.15) is 13.8 Å². The summed E-state index contributed by atoms with van der Waals surface area (Å²) in [4.78, 5) is 0. The summed E-state index contributed by atoms with van der Waals surface area (Å²) in [6.07, 6.45) is 1.83. The highest BCUT2D eigenvalue weighted by atomic mass is 31.2. The molecule has 1 fully saturated rings. The van der Waals surface area contributed by atoms with Gasteiger partial charge in [0.05, 0.1) is 25.9 Å². The molecule has 1 aliphatic heterocycles. The lowest BCUT2D eigenvalue weighted by Crippen LogP contribution is -1.93. The molecule has 0 radical (unpaired) electrons. The van der Waals surface area contributed by atoms with Gasteiger partial charge in [-0.3, -0.25) is 4.57 Å². The van der Waals surface area contributed by atoms with Gasteiger partial charge >= 0.3 is 7.60 Å². The van der Waals surface area contributed by atoms with Crippen molar-refractivity contribution in [2.24, 2.45) is 0 Å². The highest BCUT2D eigenvalue weighted by Crippen LogP contribution is 2.49. The molecule has 1 rings (SSSR count). The van der Waals surface area contributed by atoms with Gasteiger partial charge in [0.2, 0.25) is 0 Å². The fraction of sp³-hybridized carbons (Fsp3) is 0.750. The third-order valence-corrected chi connectivity index (χ3v) is 3.23. The Bertz CT molecular complexity index is 212. The zero-order valence-corrected chi connectivity index (χ0v) is 8.83. The highest BCUT2D eigenvalue weighted by molar-refractivity contribution is 7.57. The van der Waals surface area contributed by atoms with Crippen LogP contribution in [0.5, 0.6) is 0 Å². The molecule has 13 heavy (non-hydrogen) atoms. The SMILES string of the molecule is CCOP(=O)(C=CC1CO1)OCC. The zero-order valence-electron chi connectivity index (χ0n) is 7.93. The van der Waals surface area contributed by atoms with E-state index in [1.165, 1.54) is 5.82 Å². The topological polar surface area (TPSA) is 48.1 Å². The predicted octanol–water partition coefficient (Wildman–Crippen LogP) is 2.17. The molecule has 0 aliphatic carbocycles. The average molecular weight is 206 g/mol. The first-order valence-corrected chi connectivity index (χ1v) is 6.01. The quantitative estimate of drug-likeness (QED) is 0.493. The van der Waals surface area contributed by atoms with Gasteiger partial charge in [0, 0.05) is 5.82 Å². The first kappa shape index (κ1) is 10.9. The molecule has 1 aliphatic rings. The van der Waals surface area contributed by atoms with E-state index in [-0.39, 0.29) is 6.10 Å². The fourth-order valence-corrected chi connectivity index (χ4v) is 2.22. The van der Waals surface area contributed by atoms with Gasteiger partial charge in [-0.05, 0) is 19.9 Å². The Morgan fingerprint density at radius 1 is 1.46 bits per heavy atom. The molecule has 0 aromatic rings. The summed E-state index contributed by atoms with van der Waals surface area (Å²) in [5.41, 5.74) is 0. The van der Waals surface area contributed by atoms with E-state index in [9.17, 15) is 4.57 Å². The molecule has 5 heteroatoms. The van der Waals surface area contributed by atoms with Crippen molar-refractivity contribution < 1.29 is 18.3 Å². The number of ether oxygens (including phenoxy) is 1. The van der Waals surface area contributed by atoms with Gasteiger partial charge in [0.15, 0.2) is 0 Å². The molecule has 0 spiro atoms. The molecule has 1 unspecified atom stereocenters. The van der Waals surface area contributed by atoms with Gasteiger partial charge in [0.25, 0.3) is 0 Å². The van der Waals surface area contributed by atoms with Crippen LogP contribution in [0.3, 0.4) is 0 Å². The monoisotopic (exact) mass is 206 g/mol. The molecule has 0 N–H and O–H groups in total. The Morgan fingerprint density at radius 3 is 2.38 bits per heavy atom. The molecule has 1 atom stereocenters. The van der Waals surface area contributed by atoms with Crippen molar-refractivity contribution in [2.75, 3.05) is 19.8 Å². The van der Waals surface area contributed by atoms with Gasteiger partial charge in [-0.2, -0.15) is 0 Å². The number of epoxide rings is 1. The minimum absolute atomic E-state index is 0.106. The van der Waals surface area contributed by atoms with Crippen molar-refractivity contribution >= 4 is 7.60 Å². The van der Waals surface area contributed by atoms with Crippen LogP contribution < -0.4 is 0 Å². The molecule has 0 amide bonds. The second kappa shape index (κ2) is 4.91. The summed E-state index contributed by atoms with van der Waals surface area (Å²) >= 11 is 0. The van der Waals surface area contributed by atoms with E-state index < -0.39 is 7.60 Å². The summed E-state index contributed by atoms with van der Waals surface area (Å²) in [6.45, 7) is 5.04. The Labute approximate surface area is 78.4 Å². The van der Waals surface area contributed by atoms with E-state index in [0.717, 1.165) is 0 Å². The molecule has 0 saturated carbocycles. The van der Waals surface area contributed by atoms with Crippen molar-refractivity contribution in [2.45, 2.75) is 20.0 Å². The van der Waals surface area contributed by atoms with E-state index in [1.54, 1.807) is 19.9 Å². The minimum atomic E-state index is -2.99. The Balaban J connectivity index is 2.48. The molecular formula is C8H15O4P. The maximum Gasteiger partial charge on any atom is 0.353 e. The zero-order chi connectivity index (χ0) is 9.73. The van der Waals surface area contributed by atoms with Crippen molar-refractivity contribution in [3.63, 3.8) is 0 Å². The smallest absolute Gasteiger partial charge is 0.353 e. The lowest BCUT2D eigenvalue weighted by atomic mass is 10.5. The van der Waals surface area contributed by atoms with Crippen molar-refractivity contribution in [3.8, 4) is 0 Å². The first-order chi connectivity index (χ1) is 6.20. The Hall–Kier alpha value is -0.150. The standard InChI is InChI=1S/C8H15O4P/c1-3-11-13(9,12-4-2)6-5-8-7-10-8/h5-6,8H,3-4,7H2,1-2H3. The van der Waals surface area contributed by atoms with E-state index in [2.05, 4.69) is 0 Å². The molecule has 0 aromatic carbocycles. The van der Waals surface area contributed by atoms with Gasteiger partial charge in [0.1, 0.15) is 0 Å². The van der Waals surface area contributed by atoms with Crippen LogP contribution in [-0.4, -0.2) is 25.9 Å². The summed E-state index contributed by atoms with van der Waals surface area (Å²) in [7, 11) is -2.99. The molecule has 1 saturated heterocycles. The third kappa shape index (κ3) is 4.05. The second-order valence-electron chi connectivity index (χ2n) is 2.59. The molecule has 76 valence electrons. The highest BCUT2D eigenvalue weighted by Gasteiger charge is 2.23.